The molecule has 3 N–H and O–H groups in total. The van der Waals surface area contributed by atoms with Crippen LogP contribution in [-0.2, 0) is 21.2 Å². The normalized spacial score (nSPS) is 12.9. The van der Waals surface area contributed by atoms with Gasteiger partial charge in [-0.25, -0.2) is 8.42 Å². The Kier molecular flexibility index (Phi) is 4.76. The van der Waals surface area contributed by atoms with Crippen LogP contribution in [0.2, 0.25) is 0 Å². The summed E-state index contributed by atoms with van der Waals surface area (Å²) in [5.41, 5.74) is 6.89. The molecule has 1 aromatic heterocycles. The van der Waals surface area contributed by atoms with Crippen LogP contribution in [0.25, 0.3) is 0 Å². The van der Waals surface area contributed by atoms with E-state index in [1.165, 1.54) is 13.0 Å². The Morgan fingerprint density at radius 2 is 2.00 bits per heavy atom. The average Bonchev–Trinajstić information content (AvgIpc) is 3.02. The zero-order valence-corrected chi connectivity index (χ0v) is 13.1. The molecule has 0 saturated heterocycles. The van der Waals surface area contributed by atoms with Crippen molar-refractivity contribution in [3.8, 4) is 0 Å². The number of benzene rings is 1. The number of carbonyl (C=O) groups excluding carboxylic acids is 1. The molecule has 0 aliphatic carbocycles. The summed E-state index contributed by atoms with van der Waals surface area (Å²) in [6.07, 6.45) is 0. The minimum atomic E-state index is -3.66. The van der Waals surface area contributed by atoms with Gasteiger partial charge in [-0.05, 0) is 30.0 Å². The second kappa shape index (κ2) is 6.38. The second-order valence-corrected chi connectivity index (χ2v) is 7.91. The van der Waals surface area contributed by atoms with Gasteiger partial charge in [-0.3, -0.25) is 4.79 Å². The molecular formula is C14H16N2O3S2. The zero-order valence-electron chi connectivity index (χ0n) is 11.4. The van der Waals surface area contributed by atoms with Gasteiger partial charge in [-0.2, -0.15) is 0 Å². The number of carbonyl (C=O) groups is 1. The van der Waals surface area contributed by atoms with Gasteiger partial charge in [0.2, 0.25) is 5.91 Å². The Labute approximate surface area is 127 Å². The highest BCUT2D eigenvalue weighted by Crippen LogP contribution is 2.23. The van der Waals surface area contributed by atoms with E-state index in [1.807, 2.05) is 6.07 Å². The zero-order chi connectivity index (χ0) is 15.5. The predicted octanol–water partition coefficient (Wildman–Crippen LogP) is 2.01. The summed E-state index contributed by atoms with van der Waals surface area (Å²) in [7, 11) is -3.66. The smallest absolute Gasteiger partial charge is 0.242 e. The van der Waals surface area contributed by atoms with E-state index in [1.54, 1.807) is 29.6 Å². The number of sulfone groups is 1. The van der Waals surface area contributed by atoms with Crippen LogP contribution >= 0.6 is 11.3 Å². The van der Waals surface area contributed by atoms with Crippen molar-refractivity contribution in [2.75, 3.05) is 5.32 Å². The summed E-state index contributed by atoms with van der Waals surface area (Å²) < 4.78 is 24.8. The Morgan fingerprint density at radius 1 is 1.29 bits per heavy atom. The number of nitrogens with two attached hydrogens (primary N) is 1. The molecule has 0 aliphatic heterocycles. The van der Waals surface area contributed by atoms with Crippen molar-refractivity contribution in [3.05, 3.63) is 47.3 Å². The maximum absolute atomic E-state index is 12.3. The van der Waals surface area contributed by atoms with Gasteiger partial charge in [0.1, 0.15) is 9.46 Å². The first-order chi connectivity index (χ1) is 9.96. The molecule has 1 unspecified atom stereocenters. The Hall–Kier alpha value is -1.70. The van der Waals surface area contributed by atoms with E-state index in [9.17, 15) is 13.2 Å². The number of thiophene rings is 1. The second-order valence-electron chi connectivity index (χ2n) is 4.47. The van der Waals surface area contributed by atoms with E-state index in [4.69, 9.17) is 5.73 Å². The molecule has 2 aromatic rings. The van der Waals surface area contributed by atoms with Crippen molar-refractivity contribution in [3.63, 3.8) is 0 Å². The lowest BCUT2D eigenvalue weighted by atomic mass is 10.2. The van der Waals surface area contributed by atoms with Crippen molar-refractivity contribution in [2.24, 2.45) is 5.73 Å². The van der Waals surface area contributed by atoms with E-state index in [2.05, 4.69) is 5.32 Å². The van der Waals surface area contributed by atoms with E-state index >= 15 is 0 Å². The number of nitrogens with one attached hydrogen (secondary N) is 1. The molecule has 21 heavy (non-hydrogen) atoms. The number of para-hydroxylation sites is 1. The molecule has 1 heterocycles. The molecule has 0 radical (unpaired) electrons. The fourth-order valence-corrected chi connectivity index (χ4v) is 4.34. The van der Waals surface area contributed by atoms with Gasteiger partial charge in [0, 0.05) is 12.2 Å². The first-order valence-corrected chi connectivity index (χ1v) is 8.75. The Bertz CT molecular complexity index is 724. The molecule has 0 aliphatic rings. The largest absolute Gasteiger partial charge is 0.326 e. The molecule has 0 spiro atoms. The lowest BCUT2D eigenvalue weighted by Gasteiger charge is -2.14. The summed E-state index contributed by atoms with van der Waals surface area (Å²) in [5.74, 6) is -0.565. The summed E-state index contributed by atoms with van der Waals surface area (Å²) in [6, 6.07) is 10.2. The average molecular weight is 324 g/mol. The maximum Gasteiger partial charge on any atom is 0.242 e. The fourth-order valence-electron chi connectivity index (χ4n) is 1.80. The third-order valence-electron chi connectivity index (χ3n) is 3.11. The Morgan fingerprint density at radius 3 is 2.62 bits per heavy atom. The SMILES string of the molecule is CC(C(=O)Nc1ccccc1CN)S(=O)(=O)c1cccs1. The molecule has 0 bridgehead atoms. The highest BCUT2D eigenvalue weighted by Gasteiger charge is 2.30. The lowest BCUT2D eigenvalue weighted by molar-refractivity contribution is -0.115. The van der Waals surface area contributed by atoms with Crippen LogP contribution < -0.4 is 11.1 Å². The molecule has 1 aromatic carbocycles. The standard InChI is InChI=1S/C14H16N2O3S2/c1-10(21(18,19)13-7-4-8-20-13)14(17)16-12-6-3-2-5-11(12)9-15/h2-8,10H,9,15H2,1H3,(H,16,17). The number of hydrogen-bond donors (Lipinski definition) is 2. The van der Waals surface area contributed by atoms with Gasteiger partial charge in [0.15, 0.2) is 9.84 Å². The highest BCUT2D eigenvalue weighted by molar-refractivity contribution is 7.94. The van der Waals surface area contributed by atoms with Gasteiger partial charge >= 0.3 is 0 Å². The predicted molar refractivity (Wildman–Crippen MR) is 83.9 cm³/mol. The summed E-state index contributed by atoms with van der Waals surface area (Å²) >= 11 is 1.10. The van der Waals surface area contributed by atoms with Crippen LogP contribution in [-0.4, -0.2) is 19.6 Å². The third-order valence-corrected chi connectivity index (χ3v) is 6.59. The van der Waals surface area contributed by atoms with Crippen LogP contribution in [0.1, 0.15) is 12.5 Å². The summed E-state index contributed by atoms with van der Waals surface area (Å²) in [5, 5.41) is 3.14. The number of hydrogen-bond acceptors (Lipinski definition) is 5. The number of anilines is 1. The van der Waals surface area contributed by atoms with Crippen LogP contribution in [0, 0.1) is 0 Å². The highest BCUT2D eigenvalue weighted by atomic mass is 32.2. The van der Waals surface area contributed by atoms with Gasteiger partial charge in [0.25, 0.3) is 0 Å². The van der Waals surface area contributed by atoms with Crippen LogP contribution in [0.15, 0.2) is 46.0 Å². The van der Waals surface area contributed by atoms with Crippen molar-refractivity contribution in [1.29, 1.82) is 0 Å². The van der Waals surface area contributed by atoms with E-state index in [0.717, 1.165) is 16.9 Å². The first kappa shape index (κ1) is 15.7. The number of rotatable bonds is 5. The monoisotopic (exact) mass is 324 g/mol. The minimum Gasteiger partial charge on any atom is -0.326 e. The number of amides is 1. The molecule has 2 rings (SSSR count). The summed E-state index contributed by atoms with van der Waals surface area (Å²) in [6.45, 7) is 1.65. The quantitative estimate of drug-likeness (QED) is 0.880. The maximum atomic E-state index is 12.3. The lowest BCUT2D eigenvalue weighted by Crippen LogP contribution is -2.32. The van der Waals surface area contributed by atoms with Gasteiger partial charge in [-0.15, -0.1) is 11.3 Å². The first-order valence-electron chi connectivity index (χ1n) is 6.33. The van der Waals surface area contributed by atoms with Crippen LogP contribution in [0.5, 0.6) is 0 Å². The summed E-state index contributed by atoms with van der Waals surface area (Å²) in [4.78, 5) is 12.2. The molecule has 0 fully saturated rings. The fraction of sp³-hybridized carbons (Fsp3) is 0.214. The van der Waals surface area contributed by atoms with Crippen molar-refractivity contribution in [1.82, 2.24) is 0 Å². The van der Waals surface area contributed by atoms with Crippen LogP contribution in [0.4, 0.5) is 5.69 Å². The third kappa shape index (κ3) is 3.31. The molecule has 5 nitrogen and oxygen atoms in total. The van der Waals surface area contributed by atoms with E-state index < -0.39 is 21.0 Å². The van der Waals surface area contributed by atoms with Gasteiger partial charge < -0.3 is 11.1 Å². The van der Waals surface area contributed by atoms with Crippen molar-refractivity contribution < 1.29 is 13.2 Å². The van der Waals surface area contributed by atoms with Gasteiger partial charge in [-0.1, -0.05) is 24.3 Å². The molecule has 1 atom stereocenters. The van der Waals surface area contributed by atoms with E-state index in [0.29, 0.717) is 5.69 Å². The van der Waals surface area contributed by atoms with Crippen LogP contribution in [0.3, 0.4) is 0 Å². The van der Waals surface area contributed by atoms with E-state index in [-0.39, 0.29) is 10.8 Å². The van der Waals surface area contributed by atoms with Crippen molar-refractivity contribution in [2.45, 2.75) is 22.9 Å². The molecule has 112 valence electrons. The van der Waals surface area contributed by atoms with Crippen molar-refractivity contribution >= 4 is 32.8 Å². The molecule has 1 amide bonds. The molecule has 0 saturated carbocycles. The molecular weight excluding hydrogens is 308 g/mol. The Balaban J connectivity index is 2.21. The molecule has 7 heteroatoms. The minimum absolute atomic E-state index is 0.192. The topological polar surface area (TPSA) is 89.3 Å². The van der Waals surface area contributed by atoms with Gasteiger partial charge in [0.05, 0.1) is 0 Å².